The van der Waals surface area contributed by atoms with Crippen LogP contribution in [0, 0.1) is 3.57 Å². The molecule has 1 aromatic heterocycles. The number of imide groups is 1. The number of para-hydroxylation sites is 1. The number of aromatic nitrogens is 1. The molecule has 3 aromatic rings. The van der Waals surface area contributed by atoms with Crippen molar-refractivity contribution in [2.45, 2.75) is 19.4 Å². The Balaban J connectivity index is 1.70. The highest BCUT2D eigenvalue weighted by Gasteiger charge is 2.19. The fraction of sp³-hybridized carbons (Fsp3) is 0.158. The van der Waals surface area contributed by atoms with E-state index >= 15 is 0 Å². The second-order valence-corrected chi connectivity index (χ2v) is 7.57. The normalized spacial score (nSPS) is 10.8. The lowest BCUT2D eigenvalue weighted by Gasteiger charge is -2.18. The number of amides is 3. The maximum atomic E-state index is 12.5. The molecule has 5 nitrogen and oxygen atoms in total. The van der Waals surface area contributed by atoms with Gasteiger partial charge < -0.3 is 10.7 Å². The molecule has 0 aliphatic heterocycles. The quantitative estimate of drug-likeness (QED) is 0.528. The molecule has 0 atom stereocenters. The summed E-state index contributed by atoms with van der Waals surface area (Å²) >= 11 is 8.36. The monoisotopic (exact) mass is 481 g/mol. The minimum absolute atomic E-state index is 0.171. The highest BCUT2D eigenvalue weighted by Crippen LogP contribution is 2.26. The van der Waals surface area contributed by atoms with Crippen molar-refractivity contribution in [2.24, 2.45) is 5.73 Å². The molecule has 0 aliphatic carbocycles. The molecule has 2 aromatic carbocycles. The molecule has 0 radical (unpaired) electrons. The summed E-state index contributed by atoms with van der Waals surface area (Å²) in [6.45, 7) is 0.171. The zero-order chi connectivity index (χ0) is 18.7. The van der Waals surface area contributed by atoms with Gasteiger partial charge in [-0.15, -0.1) is 0 Å². The van der Waals surface area contributed by atoms with Crippen molar-refractivity contribution in [1.82, 2.24) is 9.88 Å². The molecule has 0 spiro atoms. The summed E-state index contributed by atoms with van der Waals surface area (Å²) in [5.41, 5.74) is 8.10. The second kappa shape index (κ2) is 8.09. The van der Waals surface area contributed by atoms with Crippen LogP contribution >= 0.6 is 34.2 Å². The lowest BCUT2D eigenvalue weighted by atomic mass is 10.1. The number of urea groups is 1. The molecule has 134 valence electrons. The Morgan fingerprint density at radius 2 is 1.88 bits per heavy atom. The number of nitrogens with two attached hydrogens (primary N) is 1. The first-order valence-corrected chi connectivity index (χ1v) is 9.50. The number of halogens is 2. The fourth-order valence-corrected chi connectivity index (χ4v) is 3.41. The summed E-state index contributed by atoms with van der Waals surface area (Å²) < 4.78 is 1.08. The number of carbonyl (C=O) groups is 2. The molecule has 7 heteroatoms. The smallest absolute Gasteiger partial charge is 0.321 e. The first-order chi connectivity index (χ1) is 12.5. The summed E-state index contributed by atoms with van der Waals surface area (Å²) in [5, 5.41) is 1.62. The molecule has 0 fully saturated rings. The van der Waals surface area contributed by atoms with Gasteiger partial charge in [-0.25, -0.2) is 4.79 Å². The Hall–Kier alpha value is -2.06. The predicted octanol–water partition coefficient (Wildman–Crippen LogP) is 4.47. The Kier molecular flexibility index (Phi) is 5.83. The van der Waals surface area contributed by atoms with Crippen LogP contribution in [0.1, 0.15) is 17.5 Å². The number of nitrogens with one attached hydrogen (secondary N) is 1. The molecule has 0 saturated carbocycles. The second-order valence-electron chi connectivity index (χ2n) is 5.92. The number of benzene rings is 2. The molecular weight excluding hydrogens is 465 g/mol. The van der Waals surface area contributed by atoms with Crippen molar-refractivity contribution < 1.29 is 9.59 Å². The third-order valence-electron chi connectivity index (χ3n) is 4.18. The van der Waals surface area contributed by atoms with Crippen molar-refractivity contribution in [2.75, 3.05) is 0 Å². The van der Waals surface area contributed by atoms with Crippen LogP contribution in [0.2, 0.25) is 5.02 Å². The number of hydrogen-bond acceptors (Lipinski definition) is 2. The lowest BCUT2D eigenvalue weighted by Crippen LogP contribution is -2.40. The van der Waals surface area contributed by atoms with Gasteiger partial charge in [0.05, 0.1) is 17.1 Å². The van der Waals surface area contributed by atoms with Crippen LogP contribution in [-0.2, 0) is 17.8 Å². The molecule has 0 unspecified atom stereocenters. The minimum Gasteiger partial charge on any atom is -0.360 e. The first kappa shape index (κ1) is 18.7. The fourth-order valence-electron chi connectivity index (χ4n) is 2.82. The van der Waals surface area contributed by atoms with Crippen LogP contribution in [0.4, 0.5) is 4.79 Å². The molecule has 3 rings (SSSR count). The molecular formula is C19H17ClIN3O2. The van der Waals surface area contributed by atoms with Crippen molar-refractivity contribution in [3.05, 3.63) is 68.4 Å². The van der Waals surface area contributed by atoms with Crippen LogP contribution < -0.4 is 5.73 Å². The molecule has 0 aliphatic rings. The zero-order valence-corrected chi connectivity index (χ0v) is 16.8. The Labute approximate surface area is 169 Å². The van der Waals surface area contributed by atoms with Crippen LogP contribution in [0.5, 0.6) is 0 Å². The zero-order valence-electron chi connectivity index (χ0n) is 13.8. The van der Waals surface area contributed by atoms with E-state index in [-0.39, 0.29) is 18.9 Å². The van der Waals surface area contributed by atoms with Gasteiger partial charge in [0.1, 0.15) is 0 Å². The van der Waals surface area contributed by atoms with E-state index < -0.39 is 6.03 Å². The van der Waals surface area contributed by atoms with Gasteiger partial charge in [0.25, 0.3) is 0 Å². The van der Waals surface area contributed by atoms with E-state index in [9.17, 15) is 9.59 Å². The summed E-state index contributed by atoms with van der Waals surface area (Å²) in [6, 6.07) is 12.5. The standard InChI is InChI=1S/C19H17ClIN3O2/c20-16-3-1-2-15-13(10-23-18(15)16)6-9-17(25)24(19(22)26)11-12-4-7-14(21)8-5-12/h1-5,7-8,10,23H,6,9,11H2,(H2,22,26). The van der Waals surface area contributed by atoms with E-state index in [1.54, 1.807) is 0 Å². The minimum atomic E-state index is -0.740. The van der Waals surface area contributed by atoms with Crippen molar-refractivity contribution in [3.63, 3.8) is 0 Å². The number of fused-ring (bicyclic) bond motifs is 1. The van der Waals surface area contributed by atoms with Gasteiger partial charge in [-0.1, -0.05) is 35.9 Å². The summed E-state index contributed by atoms with van der Waals surface area (Å²) in [6.07, 6.45) is 2.53. The Bertz CT molecular complexity index is 953. The number of carbonyl (C=O) groups excluding carboxylic acids is 2. The SMILES string of the molecule is NC(=O)N(Cc1ccc(I)cc1)C(=O)CCc1c[nH]c2c(Cl)cccc12. The first-order valence-electron chi connectivity index (χ1n) is 8.04. The largest absolute Gasteiger partial charge is 0.360 e. The average Bonchev–Trinajstić information content (AvgIpc) is 3.03. The van der Waals surface area contributed by atoms with Gasteiger partial charge in [0.2, 0.25) is 5.91 Å². The third-order valence-corrected chi connectivity index (χ3v) is 5.21. The highest BCUT2D eigenvalue weighted by atomic mass is 127. The van der Waals surface area contributed by atoms with E-state index in [2.05, 4.69) is 27.6 Å². The molecule has 1 heterocycles. The van der Waals surface area contributed by atoms with Crippen molar-refractivity contribution >= 4 is 57.0 Å². The van der Waals surface area contributed by atoms with Gasteiger partial charge >= 0.3 is 6.03 Å². The number of primary amides is 1. The number of aromatic amines is 1. The van der Waals surface area contributed by atoms with E-state index in [0.29, 0.717) is 11.4 Å². The predicted molar refractivity (Wildman–Crippen MR) is 111 cm³/mol. The molecule has 0 saturated heterocycles. The molecule has 3 N–H and O–H groups in total. The number of hydrogen-bond donors (Lipinski definition) is 2. The average molecular weight is 482 g/mol. The van der Waals surface area contributed by atoms with Crippen molar-refractivity contribution in [1.29, 1.82) is 0 Å². The maximum absolute atomic E-state index is 12.5. The number of nitrogens with zero attached hydrogens (tertiary/aromatic N) is 1. The Morgan fingerprint density at radius 3 is 2.58 bits per heavy atom. The van der Waals surface area contributed by atoms with Crippen LogP contribution in [-0.4, -0.2) is 21.8 Å². The summed E-state index contributed by atoms with van der Waals surface area (Å²) in [5.74, 6) is -0.299. The van der Waals surface area contributed by atoms with Gasteiger partial charge in [-0.05, 0) is 58.3 Å². The van der Waals surface area contributed by atoms with Gasteiger partial charge in [-0.3, -0.25) is 9.69 Å². The van der Waals surface area contributed by atoms with E-state index in [1.807, 2.05) is 48.7 Å². The van der Waals surface area contributed by atoms with Crippen LogP contribution in [0.3, 0.4) is 0 Å². The molecule has 3 amide bonds. The van der Waals surface area contributed by atoms with Crippen molar-refractivity contribution in [3.8, 4) is 0 Å². The van der Waals surface area contributed by atoms with E-state index in [0.717, 1.165) is 30.5 Å². The number of H-pyrrole nitrogens is 1. The number of rotatable bonds is 5. The van der Waals surface area contributed by atoms with Crippen LogP contribution in [0.15, 0.2) is 48.7 Å². The van der Waals surface area contributed by atoms with Gasteiger partial charge in [0, 0.05) is 21.6 Å². The number of aryl methyl sites for hydroxylation is 1. The summed E-state index contributed by atoms with van der Waals surface area (Å²) in [4.78, 5) is 28.5. The summed E-state index contributed by atoms with van der Waals surface area (Å²) in [7, 11) is 0. The topological polar surface area (TPSA) is 79.2 Å². The molecule has 0 bridgehead atoms. The molecule has 26 heavy (non-hydrogen) atoms. The van der Waals surface area contributed by atoms with Gasteiger partial charge in [0.15, 0.2) is 0 Å². The highest BCUT2D eigenvalue weighted by molar-refractivity contribution is 14.1. The Morgan fingerprint density at radius 1 is 1.15 bits per heavy atom. The lowest BCUT2D eigenvalue weighted by molar-refractivity contribution is -0.128. The van der Waals surface area contributed by atoms with Crippen LogP contribution in [0.25, 0.3) is 10.9 Å². The maximum Gasteiger partial charge on any atom is 0.321 e. The van der Waals surface area contributed by atoms with E-state index in [4.69, 9.17) is 17.3 Å². The third kappa shape index (κ3) is 4.19. The van der Waals surface area contributed by atoms with Gasteiger partial charge in [-0.2, -0.15) is 0 Å². The van der Waals surface area contributed by atoms with E-state index in [1.165, 1.54) is 0 Å².